The van der Waals surface area contributed by atoms with Crippen molar-refractivity contribution in [2.75, 3.05) is 12.4 Å². The van der Waals surface area contributed by atoms with Crippen molar-refractivity contribution in [3.63, 3.8) is 0 Å². The molecule has 2 rings (SSSR count). The highest BCUT2D eigenvalue weighted by Gasteiger charge is 2.02. The number of nitriles is 1. The predicted molar refractivity (Wildman–Crippen MR) is 53.8 cm³/mol. The normalized spacial score (nSPS) is 9.71. The van der Waals surface area contributed by atoms with E-state index in [9.17, 15) is 0 Å². The zero-order valence-electron chi connectivity index (χ0n) is 7.65. The van der Waals surface area contributed by atoms with Gasteiger partial charge in [0, 0.05) is 12.4 Å². The standard InChI is InChI=1S/C10H8N4/c1-12-10-8-4-7(5-11)2-3-9(8)13-6-14-10/h2-4,6H,1H3,(H,12,13,14). The maximum atomic E-state index is 8.75. The van der Waals surface area contributed by atoms with Crippen molar-refractivity contribution in [3.8, 4) is 6.07 Å². The summed E-state index contributed by atoms with van der Waals surface area (Å²) in [5, 5.41) is 12.6. The van der Waals surface area contributed by atoms with Crippen molar-refractivity contribution >= 4 is 16.7 Å². The number of aromatic nitrogens is 2. The third-order valence-corrected chi connectivity index (χ3v) is 2.00. The molecule has 0 unspecified atom stereocenters. The number of benzene rings is 1. The van der Waals surface area contributed by atoms with Crippen LogP contribution >= 0.6 is 0 Å². The van der Waals surface area contributed by atoms with Crippen LogP contribution in [0.15, 0.2) is 24.5 Å². The van der Waals surface area contributed by atoms with Crippen molar-refractivity contribution in [2.45, 2.75) is 0 Å². The Balaban J connectivity index is 2.78. The predicted octanol–water partition coefficient (Wildman–Crippen LogP) is 1.54. The van der Waals surface area contributed by atoms with E-state index < -0.39 is 0 Å². The molecule has 0 atom stereocenters. The summed E-state index contributed by atoms with van der Waals surface area (Å²) >= 11 is 0. The van der Waals surface area contributed by atoms with Crippen LogP contribution in [0.5, 0.6) is 0 Å². The summed E-state index contributed by atoms with van der Waals surface area (Å²) in [6, 6.07) is 7.43. The summed E-state index contributed by atoms with van der Waals surface area (Å²) in [5.41, 5.74) is 1.45. The first-order valence-electron chi connectivity index (χ1n) is 4.18. The minimum absolute atomic E-state index is 0.615. The Morgan fingerprint density at radius 3 is 2.93 bits per heavy atom. The highest BCUT2D eigenvalue weighted by molar-refractivity contribution is 5.89. The first-order chi connectivity index (χ1) is 6.85. The number of nitrogens with zero attached hydrogens (tertiary/aromatic N) is 3. The molecule has 0 bridgehead atoms. The number of rotatable bonds is 1. The maximum absolute atomic E-state index is 8.75. The lowest BCUT2D eigenvalue weighted by Gasteiger charge is -2.03. The number of fused-ring (bicyclic) bond motifs is 1. The molecular formula is C10H8N4. The minimum Gasteiger partial charge on any atom is -0.373 e. The molecule has 4 nitrogen and oxygen atoms in total. The molecule has 0 amide bonds. The molecule has 14 heavy (non-hydrogen) atoms. The van der Waals surface area contributed by atoms with Crippen molar-refractivity contribution in [1.82, 2.24) is 9.97 Å². The number of hydrogen-bond acceptors (Lipinski definition) is 4. The average Bonchev–Trinajstić information content (AvgIpc) is 2.27. The molecule has 0 fully saturated rings. The van der Waals surface area contributed by atoms with Crippen LogP contribution in [-0.2, 0) is 0 Å². The van der Waals surface area contributed by atoms with Gasteiger partial charge in [0.2, 0.25) is 0 Å². The Labute approximate surface area is 81.2 Å². The van der Waals surface area contributed by atoms with Crippen LogP contribution in [0.25, 0.3) is 10.9 Å². The van der Waals surface area contributed by atoms with E-state index in [1.807, 2.05) is 6.07 Å². The van der Waals surface area contributed by atoms with Gasteiger partial charge in [0.15, 0.2) is 0 Å². The molecule has 0 saturated heterocycles. The van der Waals surface area contributed by atoms with Gasteiger partial charge in [-0.05, 0) is 18.2 Å². The van der Waals surface area contributed by atoms with E-state index in [2.05, 4.69) is 21.4 Å². The van der Waals surface area contributed by atoms with Crippen LogP contribution in [-0.4, -0.2) is 17.0 Å². The summed E-state index contributed by atoms with van der Waals surface area (Å²) in [5.74, 6) is 0.743. The van der Waals surface area contributed by atoms with Crippen molar-refractivity contribution in [3.05, 3.63) is 30.1 Å². The van der Waals surface area contributed by atoms with Gasteiger partial charge in [-0.3, -0.25) is 0 Å². The fourth-order valence-corrected chi connectivity index (χ4v) is 1.33. The SMILES string of the molecule is CNc1ncnc2ccc(C#N)cc12. The lowest BCUT2D eigenvalue weighted by molar-refractivity contribution is 1.21. The van der Waals surface area contributed by atoms with E-state index in [-0.39, 0.29) is 0 Å². The summed E-state index contributed by atoms with van der Waals surface area (Å²) in [4.78, 5) is 8.17. The summed E-state index contributed by atoms with van der Waals surface area (Å²) in [6.07, 6.45) is 1.50. The van der Waals surface area contributed by atoms with E-state index >= 15 is 0 Å². The van der Waals surface area contributed by atoms with Crippen LogP contribution in [0.1, 0.15) is 5.56 Å². The quantitative estimate of drug-likeness (QED) is 0.730. The van der Waals surface area contributed by atoms with Gasteiger partial charge < -0.3 is 5.32 Å². The topological polar surface area (TPSA) is 61.6 Å². The summed E-state index contributed by atoms with van der Waals surface area (Å²) < 4.78 is 0. The Morgan fingerprint density at radius 1 is 1.36 bits per heavy atom. The van der Waals surface area contributed by atoms with Gasteiger partial charge in [0.1, 0.15) is 12.1 Å². The first-order valence-corrected chi connectivity index (χ1v) is 4.18. The monoisotopic (exact) mass is 184 g/mol. The largest absolute Gasteiger partial charge is 0.373 e. The zero-order valence-corrected chi connectivity index (χ0v) is 7.65. The Bertz CT molecular complexity index is 513. The molecule has 1 heterocycles. The molecule has 0 saturated carbocycles. The Kier molecular flexibility index (Phi) is 1.99. The fourth-order valence-electron chi connectivity index (χ4n) is 1.33. The van der Waals surface area contributed by atoms with Gasteiger partial charge in [0.25, 0.3) is 0 Å². The second-order valence-electron chi connectivity index (χ2n) is 2.82. The molecule has 0 aliphatic carbocycles. The third kappa shape index (κ3) is 1.25. The van der Waals surface area contributed by atoms with Crippen LogP contribution in [0.3, 0.4) is 0 Å². The second-order valence-corrected chi connectivity index (χ2v) is 2.82. The van der Waals surface area contributed by atoms with Gasteiger partial charge >= 0.3 is 0 Å². The smallest absolute Gasteiger partial charge is 0.137 e. The molecule has 1 aromatic heterocycles. The molecular weight excluding hydrogens is 176 g/mol. The van der Waals surface area contributed by atoms with Crippen LogP contribution in [0.4, 0.5) is 5.82 Å². The molecule has 4 heteroatoms. The van der Waals surface area contributed by atoms with Gasteiger partial charge in [-0.25, -0.2) is 9.97 Å². The van der Waals surface area contributed by atoms with Crippen molar-refractivity contribution in [2.24, 2.45) is 0 Å². The molecule has 1 N–H and O–H groups in total. The molecule has 0 radical (unpaired) electrons. The zero-order chi connectivity index (χ0) is 9.97. The lowest BCUT2D eigenvalue weighted by Crippen LogP contribution is -1.94. The maximum Gasteiger partial charge on any atom is 0.137 e. The van der Waals surface area contributed by atoms with Crippen molar-refractivity contribution in [1.29, 1.82) is 5.26 Å². The molecule has 2 aromatic rings. The van der Waals surface area contributed by atoms with Gasteiger partial charge in [-0.2, -0.15) is 5.26 Å². The molecule has 0 aliphatic rings. The minimum atomic E-state index is 0.615. The average molecular weight is 184 g/mol. The van der Waals surface area contributed by atoms with Gasteiger partial charge in [-0.15, -0.1) is 0 Å². The van der Waals surface area contributed by atoms with E-state index in [1.165, 1.54) is 6.33 Å². The molecule has 0 aliphatic heterocycles. The highest BCUT2D eigenvalue weighted by Crippen LogP contribution is 2.19. The first kappa shape index (κ1) is 8.45. The lowest BCUT2D eigenvalue weighted by atomic mass is 10.1. The van der Waals surface area contributed by atoms with Crippen molar-refractivity contribution < 1.29 is 0 Å². The van der Waals surface area contributed by atoms with E-state index in [1.54, 1.807) is 19.2 Å². The molecule has 1 aromatic carbocycles. The number of hydrogen-bond donors (Lipinski definition) is 1. The number of anilines is 1. The van der Waals surface area contributed by atoms with Crippen LogP contribution in [0.2, 0.25) is 0 Å². The Hall–Kier alpha value is -2.15. The highest BCUT2D eigenvalue weighted by atomic mass is 15.0. The summed E-state index contributed by atoms with van der Waals surface area (Å²) in [7, 11) is 1.79. The van der Waals surface area contributed by atoms with E-state index in [4.69, 9.17) is 5.26 Å². The fraction of sp³-hybridized carbons (Fsp3) is 0.100. The van der Waals surface area contributed by atoms with Gasteiger partial charge in [-0.1, -0.05) is 0 Å². The van der Waals surface area contributed by atoms with E-state index in [0.29, 0.717) is 5.56 Å². The number of nitrogens with one attached hydrogen (secondary N) is 1. The van der Waals surface area contributed by atoms with Crippen LogP contribution in [0, 0.1) is 11.3 Å². The second kappa shape index (κ2) is 3.30. The third-order valence-electron chi connectivity index (χ3n) is 2.00. The van der Waals surface area contributed by atoms with E-state index in [0.717, 1.165) is 16.7 Å². The van der Waals surface area contributed by atoms with Crippen LogP contribution < -0.4 is 5.32 Å². The molecule has 0 spiro atoms. The molecule has 68 valence electrons. The van der Waals surface area contributed by atoms with Gasteiger partial charge in [0.05, 0.1) is 17.1 Å². The Morgan fingerprint density at radius 2 is 2.21 bits per heavy atom. The summed E-state index contributed by atoms with van der Waals surface area (Å²) in [6.45, 7) is 0.